The molecule has 0 fully saturated rings. The van der Waals surface area contributed by atoms with Crippen LogP contribution in [0.25, 0.3) is 11.1 Å². The van der Waals surface area contributed by atoms with E-state index in [2.05, 4.69) is 0 Å². The largest absolute Gasteiger partial charge is 0.482 e. The fraction of sp³-hybridized carbons (Fsp3) is 0.200. The molecule has 0 aliphatic heterocycles. The maximum atomic E-state index is 15.1. The van der Waals surface area contributed by atoms with Crippen LogP contribution in [0.15, 0.2) is 66.7 Å². The number of hydrogen-bond donors (Lipinski definition) is 0. The number of carbonyl (C=O) groups is 1. The Morgan fingerprint density at radius 2 is 1.73 bits per heavy atom. The lowest BCUT2D eigenvalue weighted by Crippen LogP contribution is -2.20. The SMILES string of the molecule is CC(C)OC(=O)COc1ccc(N(F)C(C#N)c2cc(-c3cccc(F)c3)ccc2F)cc1. The summed E-state index contributed by atoms with van der Waals surface area (Å²) >= 11 is 0. The molecule has 0 spiro atoms. The monoisotopic (exact) mass is 454 g/mol. The lowest BCUT2D eigenvalue weighted by atomic mass is 9.99. The van der Waals surface area contributed by atoms with E-state index in [1.807, 2.05) is 0 Å². The fourth-order valence-electron chi connectivity index (χ4n) is 3.12. The Morgan fingerprint density at radius 3 is 2.36 bits per heavy atom. The number of nitriles is 1. The molecule has 1 unspecified atom stereocenters. The number of ether oxygens (including phenoxy) is 2. The van der Waals surface area contributed by atoms with Crippen LogP contribution in [0.3, 0.4) is 0 Å². The van der Waals surface area contributed by atoms with E-state index in [1.165, 1.54) is 54.6 Å². The first kappa shape index (κ1) is 23.7. The quantitative estimate of drug-likeness (QED) is 0.312. The van der Waals surface area contributed by atoms with Gasteiger partial charge in [-0.3, -0.25) is 0 Å². The number of esters is 1. The van der Waals surface area contributed by atoms with Gasteiger partial charge in [0, 0.05) is 5.56 Å². The van der Waals surface area contributed by atoms with Gasteiger partial charge in [0.05, 0.1) is 17.9 Å². The molecule has 8 heteroatoms. The molecule has 5 nitrogen and oxygen atoms in total. The lowest BCUT2D eigenvalue weighted by molar-refractivity contribution is -0.149. The third-order valence-electron chi connectivity index (χ3n) is 4.60. The van der Waals surface area contributed by atoms with Gasteiger partial charge in [0.1, 0.15) is 17.4 Å². The molecule has 3 rings (SSSR count). The zero-order valence-corrected chi connectivity index (χ0v) is 18.0. The van der Waals surface area contributed by atoms with E-state index in [9.17, 15) is 18.8 Å². The third-order valence-corrected chi connectivity index (χ3v) is 4.60. The van der Waals surface area contributed by atoms with E-state index in [1.54, 1.807) is 26.0 Å². The fourth-order valence-corrected chi connectivity index (χ4v) is 3.12. The van der Waals surface area contributed by atoms with Gasteiger partial charge in [0.2, 0.25) is 0 Å². The average molecular weight is 454 g/mol. The summed E-state index contributed by atoms with van der Waals surface area (Å²) in [6.07, 6.45) is -0.272. The van der Waals surface area contributed by atoms with Crippen LogP contribution in [0.5, 0.6) is 5.75 Å². The van der Waals surface area contributed by atoms with Gasteiger partial charge < -0.3 is 9.47 Å². The molecule has 0 aliphatic carbocycles. The van der Waals surface area contributed by atoms with Gasteiger partial charge in [-0.15, -0.1) is 0 Å². The summed E-state index contributed by atoms with van der Waals surface area (Å²) in [5.41, 5.74) is 0.695. The Morgan fingerprint density at radius 1 is 1.03 bits per heavy atom. The highest BCUT2D eigenvalue weighted by molar-refractivity contribution is 5.71. The normalized spacial score (nSPS) is 11.5. The summed E-state index contributed by atoms with van der Waals surface area (Å²) in [5.74, 6) is -1.49. The second-order valence-corrected chi connectivity index (χ2v) is 7.41. The predicted octanol–water partition coefficient (Wildman–Crippen LogP) is 5.92. The molecular weight excluding hydrogens is 433 g/mol. The van der Waals surface area contributed by atoms with Crippen LogP contribution in [-0.4, -0.2) is 18.7 Å². The van der Waals surface area contributed by atoms with Crippen LogP contribution < -0.4 is 9.86 Å². The van der Waals surface area contributed by atoms with Crippen molar-refractivity contribution in [2.75, 3.05) is 11.7 Å². The van der Waals surface area contributed by atoms with Gasteiger partial charge >= 0.3 is 5.97 Å². The molecule has 0 saturated heterocycles. The van der Waals surface area contributed by atoms with Gasteiger partial charge in [0.25, 0.3) is 0 Å². The minimum atomic E-state index is -1.59. The topological polar surface area (TPSA) is 62.6 Å². The lowest BCUT2D eigenvalue weighted by Gasteiger charge is -2.21. The molecular formula is C25H21F3N2O3. The van der Waals surface area contributed by atoms with Gasteiger partial charge in [-0.25, -0.2) is 13.6 Å². The summed E-state index contributed by atoms with van der Waals surface area (Å²) in [7, 11) is 0. The molecule has 33 heavy (non-hydrogen) atoms. The van der Waals surface area contributed by atoms with Crippen LogP contribution in [0.4, 0.5) is 18.9 Å². The van der Waals surface area contributed by atoms with Crippen molar-refractivity contribution in [2.45, 2.75) is 26.0 Å². The van der Waals surface area contributed by atoms with Crippen LogP contribution in [0.2, 0.25) is 0 Å². The Bertz CT molecular complexity index is 1160. The second-order valence-electron chi connectivity index (χ2n) is 7.41. The Kier molecular flexibility index (Phi) is 7.57. The molecule has 0 amide bonds. The minimum absolute atomic E-state index is 0.0192. The molecule has 0 bridgehead atoms. The zero-order valence-electron chi connectivity index (χ0n) is 18.0. The summed E-state index contributed by atoms with van der Waals surface area (Å²) in [5, 5.41) is 9.71. The number of anilines is 1. The first-order chi connectivity index (χ1) is 15.8. The van der Waals surface area contributed by atoms with Crippen LogP contribution in [-0.2, 0) is 9.53 Å². The standard InChI is InChI=1S/C25H21F3N2O3/c1-16(2)33-25(31)15-32-21-9-7-20(8-10-21)30(28)24(14-29)22-13-18(6-11-23(22)27)17-4-3-5-19(26)12-17/h3-13,16,24H,15H2,1-2H3. The molecule has 170 valence electrons. The van der Waals surface area contributed by atoms with Crippen molar-refractivity contribution in [1.82, 2.24) is 0 Å². The highest BCUT2D eigenvalue weighted by Gasteiger charge is 2.25. The Hall–Kier alpha value is -3.99. The first-order valence-electron chi connectivity index (χ1n) is 10.1. The van der Waals surface area contributed by atoms with Gasteiger partial charge in [-0.1, -0.05) is 22.7 Å². The van der Waals surface area contributed by atoms with E-state index >= 15 is 4.48 Å². The van der Waals surface area contributed by atoms with Crippen molar-refractivity contribution in [2.24, 2.45) is 0 Å². The van der Waals surface area contributed by atoms with Crippen molar-refractivity contribution in [3.8, 4) is 22.9 Å². The van der Waals surface area contributed by atoms with Crippen LogP contribution >= 0.6 is 0 Å². The molecule has 3 aromatic rings. The molecule has 0 aliphatic rings. The first-order valence-corrected chi connectivity index (χ1v) is 10.1. The maximum absolute atomic E-state index is 15.1. The Balaban J connectivity index is 1.79. The summed E-state index contributed by atoms with van der Waals surface area (Å²) in [6.45, 7) is 3.12. The van der Waals surface area contributed by atoms with Crippen molar-refractivity contribution >= 4 is 11.7 Å². The number of nitrogens with zero attached hydrogens (tertiary/aromatic N) is 2. The van der Waals surface area contributed by atoms with E-state index < -0.39 is 23.6 Å². The van der Waals surface area contributed by atoms with Gasteiger partial charge in [-0.2, -0.15) is 10.4 Å². The average Bonchev–Trinajstić information content (AvgIpc) is 2.79. The summed E-state index contributed by atoms with van der Waals surface area (Å²) in [6, 6.07) is 15.2. The third kappa shape index (κ3) is 6.04. The molecule has 0 saturated carbocycles. The molecule has 0 N–H and O–H groups in total. The summed E-state index contributed by atoms with van der Waals surface area (Å²) < 4.78 is 53.5. The number of carbonyl (C=O) groups excluding carboxylic acids is 1. The Labute approximate surface area is 189 Å². The van der Waals surface area contributed by atoms with Gasteiger partial charge in [-0.05, 0) is 73.5 Å². The van der Waals surface area contributed by atoms with Crippen molar-refractivity contribution in [3.63, 3.8) is 0 Å². The maximum Gasteiger partial charge on any atom is 0.344 e. The number of hydrogen-bond acceptors (Lipinski definition) is 5. The van der Waals surface area contributed by atoms with Crippen molar-refractivity contribution in [3.05, 3.63) is 83.9 Å². The summed E-state index contributed by atoms with van der Waals surface area (Å²) in [4.78, 5) is 11.6. The molecule has 0 heterocycles. The molecule has 0 radical (unpaired) electrons. The van der Waals surface area contributed by atoms with E-state index in [0.717, 1.165) is 6.07 Å². The van der Waals surface area contributed by atoms with E-state index in [0.29, 0.717) is 16.9 Å². The zero-order chi connectivity index (χ0) is 24.0. The van der Waals surface area contributed by atoms with E-state index in [-0.39, 0.29) is 29.1 Å². The van der Waals surface area contributed by atoms with Crippen LogP contribution in [0.1, 0.15) is 25.5 Å². The predicted molar refractivity (Wildman–Crippen MR) is 117 cm³/mol. The minimum Gasteiger partial charge on any atom is -0.482 e. The molecule has 3 aromatic carbocycles. The van der Waals surface area contributed by atoms with Crippen molar-refractivity contribution < 1.29 is 27.5 Å². The van der Waals surface area contributed by atoms with E-state index in [4.69, 9.17) is 9.47 Å². The molecule has 0 aromatic heterocycles. The highest BCUT2D eigenvalue weighted by Crippen LogP contribution is 2.33. The van der Waals surface area contributed by atoms with Crippen molar-refractivity contribution in [1.29, 1.82) is 5.26 Å². The van der Waals surface area contributed by atoms with Gasteiger partial charge in [0.15, 0.2) is 12.6 Å². The van der Waals surface area contributed by atoms with Crippen LogP contribution in [0, 0.1) is 23.0 Å². The number of benzene rings is 3. The highest BCUT2D eigenvalue weighted by atomic mass is 19.2. The second kappa shape index (κ2) is 10.6. The number of halogens is 3. The number of rotatable bonds is 8. The smallest absolute Gasteiger partial charge is 0.344 e. The molecule has 1 atom stereocenters.